The third kappa shape index (κ3) is 2.98. The molecule has 2 aromatic rings. The Morgan fingerprint density at radius 2 is 2.09 bits per heavy atom. The Kier molecular flexibility index (Phi) is 4.05. The minimum absolute atomic E-state index is 0.143. The molecule has 0 spiro atoms. The molecule has 3 heterocycles. The number of carbonyl (C=O) groups excluding carboxylic acids is 1. The van der Waals surface area contributed by atoms with Gasteiger partial charge in [-0.1, -0.05) is 12.1 Å². The third-order valence-corrected chi connectivity index (χ3v) is 6.07. The summed E-state index contributed by atoms with van der Waals surface area (Å²) in [4.78, 5) is 19.2. The van der Waals surface area contributed by atoms with Crippen LogP contribution in [0.15, 0.2) is 24.3 Å². The molecule has 0 radical (unpaired) electrons. The summed E-state index contributed by atoms with van der Waals surface area (Å²) >= 11 is 1.78. The molecule has 1 aromatic heterocycles. The van der Waals surface area contributed by atoms with E-state index in [1.54, 1.807) is 11.3 Å². The number of aliphatic hydroxyl groups excluding tert-OH is 1. The van der Waals surface area contributed by atoms with Crippen molar-refractivity contribution in [3.8, 4) is 0 Å². The molecular formula is C17H21N3O2S. The molecule has 0 aliphatic carbocycles. The largest absolute Gasteiger partial charge is 0.392 e. The van der Waals surface area contributed by atoms with Crippen LogP contribution >= 0.6 is 11.3 Å². The van der Waals surface area contributed by atoms with Gasteiger partial charge < -0.3 is 15.3 Å². The summed E-state index contributed by atoms with van der Waals surface area (Å²) in [5.41, 5.74) is 1.08. The molecule has 0 unspecified atom stereocenters. The van der Waals surface area contributed by atoms with E-state index in [1.165, 1.54) is 9.71 Å². The number of hydrogen-bond donors (Lipinski definition) is 2. The molecule has 2 aliphatic heterocycles. The number of aliphatic hydroxyl groups is 1. The number of likely N-dealkylation sites (tertiary alicyclic amines) is 1. The zero-order valence-corrected chi connectivity index (χ0v) is 13.8. The van der Waals surface area contributed by atoms with E-state index in [1.807, 2.05) is 11.0 Å². The normalized spacial score (nSPS) is 26.0. The van der Waals surface area contributed by atoms with E-state index in [9.17, 15) is 9.90 Å². The summed E-state index contributed by atoms with van der Waals surface area (Å²) < 4.78 is 1.24. The maximum absolute atomic E-state index is 12.5. The molecule has 2 saturated heterocycles. The number of para-hydroxylation sites is 1. The van der Waals surface area contributed by atoms with Crippen LogP contribution in [0, 0.1) is 0 Å². The van der Waals surface area contributed by atoms with Crippen LogP contribution in [0.1, 0.15) is 30.2 Å². The number of nitrogens with zero attached hydrogens (tertiary/aromatic N) is 2. The highest BCUT2D eigenvalue weighted by atomic mass is 32.1. The molecule has 2 fully saturated rings. The van der Waals surface area contributed by atoms with Gasteiger partial charge in [-0.3, -0.25) is 4.79 Å². The van der Waals surface area contributed by atoms with Crippen LogP contribution in [-0.2, 0) is 4.79 Å². The third-order valence-electron chi connectivity index (χ3n) is 4.87. The Morgan fingerprint density at radius 3 is 2.78 bits per heavy atom. The highest BCUT2D eigenvalue weighted by molar-refractivity contribution is 7.18. The van der Waals surface area contributed by atoms with Gasteiger partial charge in [0.15, 0.2) is 0 Å². The summed E-state index contributed by atoms with van der Waals surface area (Å²) in [6, 6.07) is 8.05. The van der Waals surface area contributed by atoms with E-state index in [0.29, 0.717) is 18.9 Å². The van der Waals surface area contributed by atoms with Crippen molar-refractivity contribution >= 4 is 27.5 Å². The van der Waals surface area contributed by atoms with E-state index in [2.05, 4.69) is 23.5 Å². The number of aromatic nitrogens is 1. The van der Waals surface area contributed by atoms with E-state index in [-0.39, 0.29) is 18.1 Å². The predicted octanol–water partition coefficient (Wildman–Crippen LogP) is 1.73. The van der Waals surface area contributed by atoms with E-state index in [0.717, 1.165) is 31.4 Å². The molecule has 6 heteroatoms. The van der Waals surface area contributed by atoms with E-state index >= 15 is 0 Å². The molecular weight excluding hydrogens is 310 g/mol. The molecule has 1 amide bonds. The van der Waals surface area contributed by atoms with Crippen LogP contribution in [0.25, 0.3) is 10.2 Å². The van der Waals surface area contributed by atoms with Crippen LogP contribution in [0.3, 0.4) is 0 Å². The van der Waals surface area contributed by atoms with Gasteiger partial charge in [0.1, 0.15) is 0 Å². The molecule has 1 aromatic carbocycles. The molecule has 2 atom stereocenters. The fraction of sp³-hybridized carbons (Fsp3) is 0.529. The fourth-order valence-electron chi connectivity index (χ4n) is 3.54. The molecule has 2 aliphatic rings. The zero-order valence-electron chi connectivity index (χ0n) is 12.9. The number of amides is 1. The number of hydrogen-bond acceptors (Lipinski definition) is 5. The summed E-state index contributed by atoms with van der Waals surface area (Å²) in [5, 5.41) is 13.9. The monoisotopic (exact) mass is 331 g/mol. The number of rotatable bonds is 2. The standard InChI is InChI=1S/C17H21N3O2S/c21-12-9-14(18-10-12)17(22)20-7-5-11(6-8-20)16-19-13-3-1-2-4-15(13)23-16/h1-4,11-12,14,18,21H,5-10H2/t12-,14-/m0/s1. The van der Waals surface area contributed by atoms with E-state index < -0.39 is 0 Å². The molecule has 0 bridgehead atoms. The number of β-amino-alcohol motifs (C(OH)–C–C–N with tert-alkyl or cyclic N) is 1. The van der Waals surface area contributed by atoms with Crippen LogP contribution < -0.4 is 5.32 Å². The van der Waals surface area contributed by atoms with Gasteiger partial charge in [0, 0.05) is 25.6 Å². The Balaban J connectivity index is 1.39. The lowest BCUT2D eigenvalue weighted by Gasteiger charge is -2.32. The van der Waals surface area contributed by atoms with Crippen molar-refractivity contribution in [3.05, 3.63) is 29.3 Å². The van der Waals surface area contributed by atoms with Gasteiger partial charge in [-0.05, 0) is 31.4 Å². The molecule has 2 N–H and O–H groups in total. The van der Waals surface area contributed by atoms with Gasteiger partial charge in [0.2, 0.25) is 5.91 Å². The number of nitrogens with one attached hydrogen (secondary N) is 1. The maximum Gasteiger partial charge on any atom is 0.239 e. The number of thiazole rings is 1. The van der Waals surface area contributed by atoms with Gasteiger partial charge >= 0.3 is 0 Å². The summed E-state index contributed by atoms with van der Waals surface area (Å²) in [7, 11) is 0. The highest BCUT2D eigenvalue weighted by Gasteiger charge is 2.33. The summed E-state index contributed by atoms with van der Waals surface area (Å²) in [6.07, 6.45) is 2.10. The van der Waals surface area contributed by atoms with Crippen LogP contribution in [-0.4, -0.2) is 52.7 Å². The Morgan fingerprint density at radius 1 is 1.30 bits per heavy atom. The lowest BCUT2D eigenvalue weighted by atomic mass is 9.97. The quantitative estimate of drug-likeness (QED) is 0.879. The first-order valence-electron chi connectivity index (χ1n) is 8.26. The van der Waals surface area contributed by atoms with Gasteiger partial charge in [0.25, 0.3) is 0 Å². The minimum atomic E-state index is -0.385. The van der Waals surface area contributed by atoms with Gasteiger partial charge in [-0.25, -0.2) is 4.98 Å². The van der Waals surface area contributed by atoms with Crippen LogP contribution in [0.5, 0.6) is 0 Å². The average molecular weight is 331 g/mol. The SMILES string of the molecule is O=C([C@@H]1C[C@H](O)CN1)N1CCC(c2nc3ccccc3s2)CC1. The van der Waals surface area contributed by atoms with Crippen molar-refractivity contribution in [2.24, 2.45) is 0 Å². The molecule has 0 saturated carbocycles. The average Bonchev–Trinajstić information content (AvgIpc) is 3.20. The smallest absolute Gasteiger partial charge is 0.239 e. The molecule has 122 valence electrons. The lowest BCUT2D eigenvalue weighted by molar-refractivity contribution is -0.134. The Bertz CT molecular complexity index is 676. The van der Waals surface area contributed by atoms with E-state index in [4.69, 9.17) is 4.98 Å². The second kappa shape index (κ2) is 6.19. The van der Waals surface area contributed by atoms with Gasteiger partial charge in [-0.15, -0.1) is 11.3 Å². The second-order valence-electron chi connectivity index (χ2n) is 6.47. The number of benzene rings is 1. The van der Waals surface area contributed by atoms with Crippen molar-refractivity contribution in [1.29, 1.82) is 0 Å². The second-order valence-corrected chi connectivity index (χ2v) is 7.53. The lowest BCUT2D eigenvalue weighted by Crippen LogP contribution is -2.46. The highest BCUT2D eigenvalue weighted by Crippen LogP contribution is 2.34. The van der Waals surface area contributed by atoms with Crippen LogP contribution in [0.2, 0.25) is 0 Å². The van der Waals surface area contributed by atoms with Gasteiger partial charge in [0.05, 0.1) is 27.4 Å². The molecule has 23 heavy (non-hydrogen) atoms. The van der Waals surface area contributed by atoms with Crippen LogP contribution in [0.4, 0.5) is 0 Å². The Hall–Kier alpha value is -1.50. The molecule has 4 rings (SSSR count). The Labute approximate surface area is 139 Å². The minimum Gasteiger partial charge on any atom is -0.392 e. The topological polar surface area (TPSA) is 65.5 Å². The van der Waals surface area contributed by atoms with Crippen molar-refractivity contribution in [1.82, 2.24) is 15.2 Å². The maximum atomic E-state index is 12.5. The number of piperidine rings is 1. The number of carbonyl (C=O) groups is 1. The summed E-state index contributed by atoms with van der Waals surface area (Å²) in [5.74, 6) is 0.600. The first-order chi connectivity index (χ1) is 11.2. The van der Waals surface area contributed by atoms with Crippen molar-refractivity contribution in [2.45, 2.75) is 37.3 Å². The number of fused-ring (bicyclic) bond motifs is 1. The van der Waals surface area contributed by atoms with Gasteiger partial charge in [-0.2, -0.15) is 0 Å². The first-order valence-corrected chi connectivity index (χ1v) is 9.08. The fourth-order valence-corrected chi connectivity index (χ4v) is 4.67. The van der Waals surface area contributed by atoms with Crippen molar-refractivity contribution in [3.63, 3.8) is 0 Å². The zero-order chi connectivity index (χ0) is 15.8. The summed E-state index contributed by atoms with van der Waals surface area (Å²) in [6.45, 7) is 2.10. The van der Waals surface area contributed by atoms with Crippen molar-refractivity contribution in [2.75, 3.05) is 19.6 Å². The first kappa shape index (κ1) is 15.1. The van der Waals surface area contributed by atoms with Crippen molar-refractivity contribution < 1.29 is 9.90 Å². The molecule has 5 nitrogen and oxygen atoms in total. The predicted molar refractivity (Wildman–Crippen MR) is 90.6 cm³/mol.